The van der Waals surface area contributed by atoms with Gasteiger partial charge in [-0.2, -0.15) is 0 Å². The number of para-hydroxylation sites is 1. The van der Waals surface area contributed by atoms with E-state index in [0.717, 1.165) is 28.8 Å². The first-order valence-electron chi connectivity index (χ1n) is 8.76. The van der Waals surface area contributed by atoms with Gasteiger partial charge in [0.2, 0.25) is 11.8 Å². The normalized spacial score (nSPS) is 10.5. The molecule has 0 bridgehead atoms. The fourth-order valence-electron chi connectivity index (χ4n) is 2.99. The van der Waals surface area contributed by atoms with Gasteiger partial charge in [0.15, 0.2) is 0 Å². The molecular weight excluding hydrogens is 348 g/mol. The molecule has 0 heterocycles. The van der Waals surface area contributed by atoms with Gasteiger partial charge in [0.1, 0.15) is 0 Å². The van der Waals surface area contributed by atoms with E-state index in [-0.39, 0.29) is 18.2 Å². The number of aryl methyl sites for hydroxylation is 2. The van der Waals surface area contributed by atoms with Gasteiger partial charge in [-0.1, -0.05) is 42.8 Å². The first-order chi connectivity index (χ1) is 12.3. The molecular formula is C21H25ClN2O2. The van der Waals surface area contributed by atoms with E-state index in [9.17, 15) is 9.59 Å². The predicted octanol–water partition coefficient (Wildman–Crippen LogP) is 4.90. The predicted molar refractivity (Wildman–Crippen MR) is 108 cm³/mol. The minimum absolute atomic E-state index is 0.0688. The second-order valence-corrected chi connectivity index (χ2v) is 6.72. The topological polar surface area (TPSA) is 49.4 Å². The molecule has 0 spiro atoms. The van der Waals surface area contributed by atoms with Crippen LogP contribution in [0, 0.1) is 13.8 Å². The fraction of sp³-hybridized carbons (Fsp3) is 0.333. The van der Waals surface area contributed by atoms with Crippen molar-refractivity contribution in [1.29, 1.82) is 0 Å². The first kappa shape index (κ1) is 20.0. The van der Waals surface area contributed by atoms with Crippen molar-refractivity contribution >= 4 is 34.8 Å². The molecule has 2 amide bonds. The van der Waals surface area contributed by atoms with Crippen LogP contribution in [-0.4, -0.2) is 18.4 Å². The van der Waals surface area contributed by atoms with Crippen LogP contribution in [0.4, 0.5) is 11.4 Å². The van der Waals surface area contributed by atoms with Gasteiger partial charge < -0.3 is 10.2 Å². The number of amides is 2. The molecule has 0 aromatic heterocycles. The highest BCUT2D eigenvalue weighted by atomic mass is 35.5. The van der Waals surface area contributed by atoms with Gasteiger partial charge in [-0.15, -0.1) is 0 Å². The zero-order chi connectivity index (χ0) is 19.3. The average Bonchev–Trinajstić information content (AvgIpc) is 2.60. The van der Waals surface area contributed by atoms with E-state index in [1.165, 1.54) is 6.92 Å². The van der Waals surface area contributed by atoms with Crippen molar-refractivity contribution in [2.75, 3.05) is 16.8 Å². The number of hydrogen-bond donors (Lipinski definition) is 1. The van der Waals surface area contributed by atoms with Gasteiger partial charge in [-0.25, -0.2) is 0 Å². The van der Waals surface area contributed by atoms with E-state index in [2.05, 4.69) is 12.2 Å². The maximum absolute atomic E-state index is 12.4. The van der Waals surface area contributed by atoms with E-state index >= 15 is 0 Å². The lowest BCUT2D eigenvalue weighted by Gasteiger charge is -2.25. The molecule has 0 saturated heterocycles. The standard InChI is InChI=1S/C21H25ClN2O2/c1-5-17-9-6-8-14(2)21(17)24(16(4)25)13-12-20(26)23-19-11-7-10-18(22)15(19)3/h6-11H,5,12-13H2,1-4H3,(H,23,26). The molecule has 2 aromatic carbocycles. The molecule has 0 fully saturated rings. The Kier molecular flexibility index (Phi) is 6.81. The van der Waals surface area contributed by atoms with E-state index in [1.54, 1.807) is 17.0 Å². The zero-order valence-corrected chi connectivity index (χ0v) is 16.5. The van der Waals surface area contributed by atoms with Crippen molar-refractivity contribution in [3.63, 3.8) is 0 Å². The van der Waals surface area contributed by atoms with Crippen molar-refractivity contribution in [2.24, 2.45) is 0 Å². The van der Waals surface area contributed by atoms with Crippen molar-refractivity contribution in [3.05, 3.63) is 58.1 Å². The number of rotatable bonds is 6. The summed E-state index contributed by atoms with van der Waals surface area (Å²) < 4.78 is 0. The lowest BCUT2D eigenvalue weighted by molar-refractivity contribution is -0.117. The summed E-state index contributed by atoms with van der Waals surface area (Å²) in [5, 5.41) is 3.49. The summed E-state index contributed by atoms with van der Waals surface area (Å²) >= 11 is 6.09. The molecule has 1 N–H and O–H groups in total. The highest BCUT2D eigenvalue weighted by Gasteiger charge is 2.18. The van der Waals surface area contributed by atoms with Crippen LogP contribution in [0.2, 0.25) is 5.02 Å². The molecule has 2 rings (SSSR count). The first-order valence-corrected chi connectivity index (χ1v) is 9.14. The van der Waals surface area contributed by atoms with Gasteiger partial charge >= 0.3 is 0 Å². The van der Waals surface area contributed by atoms with Crippen LogP contribution in [0.1, 0.15) is 37.0 Å². The van der Waals surface area contributed by atoms with E-state index in [1.807, 2.05) is 38.1 Å². The Hall–Kier alpha value is -2.33. The number of nitrogens with one attached hydrogen (secondary N) is 1. The lowest BCUT2D eigenvalue weighted by atomic mass is 10.0. The number of hydrogen-bond acceptors (Lipinski definition) is 2. The highest BCUT2D eigenvalue weighted by Crippen LogP contribution is 2.27. The van der Waals surface area contributed by atoms with Gasteiger partial charge in [0.05, 0.1) is 0 Å². The second kappa shape index (κ2) is 8.86. The number of carbonyl (C=O) groups is 2. The Labute approximate surface area is 160 Å². The molecule has 0 aliphatic carbocycles. The average molecular weight is 373 g/mol. The molecule has 26 heavy (non-hydrogen) atoms. The summed E-state index contributed by atoms with van der Waals surface area (Å²) in [4.78, 5) is 26.3. The quantitative estimate of drug-likeness (QED) is 0.783. The lowest BCUT2D eigenvalue weighted by Crippen LogP contribution is -2.33. The largest absolute Gasteiger partial charge is 0.326 e. The van der Waals surface area contributed by atoms with Crippen molar-refractivity contribution in [2.45, 2.75) is 40.5 Å². The molecule has 138 valence electrons. The molecule has 0 saturated carbocycles. The number of halogens is 1. The van der Waals surface area contributed by atoms with E-state index in [4.69, 9.17) is 11.6 Å². The van der Waals surface area contributed by atoms with Gasteiger partial charge in [-0.3, -0.25) is 9.59 Å². The van der Waals surface area contributed by atoms with Gasteiger partial charge in [-0.05, 0) is 49.1 Å². The van der Waals surface area contributed by atoms with Crippen LogP contribution in [0.15, 0.2) is 36.4 Å². The molecule has 0 aliphatic rings. The van der Waals surface area contributed by atoms with Crippen LogP contribution in [0.3, 0.4) is 0 Å². The molecule has 4 nitrogen and oxygen atoms in total. The van der Waals surface area contributed by atoms with Crippen LogP contribution in [-0.2, 0) is 16.0 Å². The summed E-state index contributed by atoms with van der Waals surface area (Å²) in [6, 6.07) is 11.4. The summed E-state index contributed by atoms with van der Waals surface area (Å²) in [6.45, 7) is 7.77. The summed E-state index contributed by atoms with van der Waals surface area (Å²) in [6.07, 6.45) is 1.04. The number of carbonyl (C=O) groups excluding carboxylic acids is 2. The third kappa shape index (κ3) is 4.64. The maximum Gasteiger partial charge on any atom is 0.226 e. The molecule has 0 aliphatic heterocycles. The fourth-order valence-corrected chi connectivity index (χ4v) is 3.16. The Balaban J connectivity index is 2.13. The van der Waals surface area contributed by atoms with E-state index in [0.29, 0.717) is 17.3 Å². The van der Waals surface area contributed by atoms with Crippen LogP contribution >= 0.6 is 11.6 Å². The summed E-state index contributed by atoms with van der Waals surface area (Å²) in [5.41, 5.74) is 4.58. The summed E-state index contributed by atoms with van der Waals surface area (Å²) in [5.74, 6) is -0.214. The maximum atomic E-state index is 12.4. The van der Waals surface area contributed by atoms with Gasteiger partial charge in [0.25, 0.3) is 0 Å². The minimum Gasteiger partial charge on any atom is -0.326 e. The van der Waals surface area contributed by atoms with Gasteiger partial charge in [0, 0.05) is 36.3 Å². The van der Waals surface area contributed by atoms with E-state index < -0.39 is 0 Å². The summed E-state index contributed by atoms with van der Waals surface area (Å²) in [7, 11) is 0. The molecule has 0 radical (unpaired) electrons. The Morgan fingerprint density at radius 2 is 1.81 bits per heavy atom. The molecule has 2 aromatic rings. The minimum atomic E-state index is -0.145. The number of anilines is 2. The highest BCUT2D eigenvalue weighted by molar-refractivity contribution is 6.31. The third-order valence-corrected chi connectivity index (χ3v) is 4.87. The molecule has 0 atom stereocenters. The third-order valence-electron chi connectivity index (χ3n) is 4.46. The Morgan fingerprint density at radius 1 is 1.12 bits per heavy atom. The van der Waals surface area contributed by atoms with Crippen molar-refractivity contribution in [1.82, 2.24) is 0 Å². The number of nitrogens with zero attached hydrogens (tertiary/aromatic N) is 1. The van der Waals surface area contributed by atoms with Crippen LogP contribution in [0.5, 0.6) is 0 Å². The SMILES string of the molecule is CCc1cccc(C)c1N(CCC(=O)Nc1cccc(Cl)c1C)C(C)=O. The van der Waals surface area contributed by atoms with Crippen molar-refractivity contribution in [3.8, 4) is 0 Å². The number of benzene rings is 2. The zero-order valence-electron chi connectivity index (χ0n) is 15.7. The smallest absolute Gasteiger partial charge is 0.226 e. The molecule has 0 unspecified atom stereocenters. The second-order valence-electron chi connectivity index (χ2n) is 6.32. The van der Waals surface area contributed by atoms with Crippen molar-refractivity contribution < 1.29 is 9.59 Å². The molecule has 5 heteroatoms. The van der Waals surface area contributed by atoms with Crippen LogP contribution in [0.25, 0.3) is 0 Å². The monoisotopic (exact) mass is 372 g/mol. The van der Waals surface area contributed by atoms with Crippen LogP contribution < -0.4 is 10.2 Å². The Bertz CT molecular complexity index is 818. The Morgan fingerprint density at radius 3 is 2.46 bits per heavy atom.